The Bertz CT molecular complexity index is 139. The SMILES string of the molecule is CC[C@H](N)C(=O)N(C)CCOC. The molecule has 0 fully saturated rings. The van der Waals surface area contributed by atoms with E-state index in [4.69, 9.17) is 10.5 Å². The maximum Gasteiger partial charge on any atom is 0.239 e. The van der Waals surface area contributed by atoms with E-state index in [1.165, 1.54) is 0 Å². The smallest absolute Gasteiger partial charge is 0.239 e. The molecule has 0 aromatic rings. The minimum Gasteiger partial charge on any atom is -0.383 e. The van der Waals surface area contributed by atoms with Crippen molar-refractivity contribution in [1.82, 2.24) is 4.90 Å². The lowest BCUT2D eigenvalue weighted by Gasteiger charge is -2.19. The highest BCUT2D eigenvalue weighted by Crippen LogP contribution is 1.93. The Hall–Kier alpha value is -0.610. The van der Waals surface area contributed by atoms with Gasteiger partial charge in [-0.1, -0.05) is 6.92 Å². The molecule has 1 amide bonds. The number of amides is 1. The summed E-state index contributed by atoms with van der Waals surface area (Å²) in [5.41, 5.74) is 5.56. The maximum absolute atomic E-state index is 11.3. The van der Waals surface area contributed by atoms with Crippen LogP contribution in [0.5, 0.6) is 0 Å². The number of hydrogen-bond donors (Lipinski definition) is 1. The topological polar surface area (TPSA) is 55.6 Å². The minimum atomic E-state index is -0.369. The lowest BCUT2D eigenvalue weighted by molar-refractivity contribution is -0.131. The van der Waals surface area contributed by atoms with Crippen LogP contribution in [0.15, 0.2) is 0 Å². The number of rotatable bonds is 5. The van der Waals surface area contributed by atoms with Gasteiger partial charge in [-0.05, 0) is 6.42 Å². The van der Waals surface area contributed by atoms with Crippen LogP contribution in [0.25, 0.3) is 0 Å². The van der Waals surface area contributed by atoms with Crippen LogP contribution < -0.4 is 5.73 Å². The van der Waals surface area contributed by atoms with E-state index in [1.54, 1.807) is 19.1 Å². The van der Waals surface area contributed by atoms with Gasteiger partial charge < -0.3 is 15.4 Å². The van der Waals surface area contributed by atoms with Crippen molar-refractivity contribution in [1.29, 1.82) is 0 Å². The van der Waals surface area contributed by atoms with E-state index >= 15 is 0 Å². The van der Waals surface area contributed by atoms with Gasteiger partial charge in [-0.2, -0.15) is 0 Å². The fraction of sp³-hybridized carbons (Fsp3) is 0.875. The lowest BCUT2D eigenvalue weighted by Crippen LogP contribution is -2.42. The van der Waals surface area contributed by atoms with E-state index in [0.29, 0.717) is 19.6 Å². The Morgan fingerprint density at radius 3 is 2.67 bits per heavy atom. The van der Waals surface area contributed by atoms with E-state index in [1.807, 2.05) is 6.92 Å². The Morgan fingerprint density at radius 2 is 2.25 bits per heavy atom. The van der Waals surface area contributed by atoms with Crippen LogP contribution in [0.1, 0.15) is 13.3 Å². The number of likely N-dealkylation sites (N-methyl/N-ethyl adjacent to an activating group) is 1. The van der Waals surface area contributed by atoms with Crippen molar-refractivity contribution in [2.24, 2.45) is 5.73 Å². The van der Waals surface area contributed by atoms with Gasteiger partial charge in [0.2, 0.25) is 5.91 Å². The Morgan fingerprint density at radius 1 is 1.67 bits per heavy atom. The van der Waals surface area contributed by atoms with Crippen molar-refractivity contribution in [3.63, 3.8) is 0 Å². The number of nitrogens with two attached hydrogens (primary N) is 1. The normalized spacial score (nSPS) is 12.7. The third kappa shape index (κ3) is 3.69. The van der Waals surface area contributed by atoms with Crippen molar-refractivity contribution < 1.29 is 9.53 Å². The molecular weight excluding hydrogens is 156 g/mol. The van der Waals surface area contributed by atoms with Crippen LogP contribution in [0, 0.1) is 0 Å². The first-order chi connectivity index (χ1) is 5.63. The van der Waals surface area contributed by atoms with Gasteiger partial charge in [-0.25, -0.2) is 0 Å². The monoisotopic (exact) mass is 174 g/mol. The van der Waals surface area contributed by atoms with Gasteiger partial charge in [0.05, 0.1) is 12.6 Å². The molecule has 0 aliphatic heterocycles. The van der Waals surface area contributed by atoms with E-state index in [0.717, 1.165) is 0 Å². The second-order valence-electron chi connectivity index (χ2n) is 2.77. The molecule has 4 nitrogen and oxygen atoms in total. The molecular formula is C8H18N2O2. The molecule has 0 spiro atoms. The van der Waals surface area contributed by atoms with Gasteiger partial charge in [0.25, 0.3) is 0 Å². The van der Waals surface area contributed by atoms with E-state index in [2.05, 4.69) is 0 Å². The molecule has 2 N–H and O–H groups in total. The molecule has 0 unspecified atom stereocenters. The fourth-order valence-corrected chi connectivity index (χ4v) is 0.796. The zero-order valence-corrected chi connectivity index (χ0v) is 8.04. The Balaban J connectivity index is 3.75. The predicted molar refractivity (Wildman–Crippen MR) is 47.8 cm³/mol. The van der Waals surface area contributed by atoms with Gasteiger partial charge >= 0.3 is 0 Å². The van der Waals surface area contributed by atoms with Gasteiger partial charge in [0.15, 0.2) is 0 Å². The standard InChI is InChI=1S/C8H18N2O2/c1-4-7(9)8(11)10(2)5-6-12-3/h7H,4-6,9H2,1-3H3/t7-/m0/s1. The second kappa shape index (κ2) is 5.97. The molecule has 0 saturated heterocycles. The number of carbonyl (C=O) groups is 1. The average molecular weight is 174 g/mol. The Kier molecular flexibility index (Phi) is 5.66. The summed E-state index contributed by atoms with van der Waals surface area (Å²) in [6.07, 6.45) is 0.677. The molecule has 0 bridgehead atoms. The molecule has 0 rings (SSSR count). The first-order valence-electron chi connectivity index (χ1n) is 4.13. The molecule has 0 aliphatic carbocycles. The molecule has 4 heteroatoms. The predicted octanol–water partition coefficient (Wildman–Crippen LogP) is -0.171. The quantitative estimate of drug-likeness (QED) is 0.629. The number of carbonyl (C=O) groups excluding carboxylic acids is 1. The zero-order valence-electron chi connectivity index (χ0n) is 8.04. The van der Waals surface area contributed by atoms with Gasteiger partial charge in [-0.3, -0.25) is 4.79 Å². The van der Waals surface area contributed by atoms with Crippen LogP contribution in [-0.4, -0.2) is 44.2 Å². The summed E-state index contributed by atoms with van der Waals surface area (Å²) in [5, 5.41) is 0. The second-order valence-corrected chi connectivity index (χ2v) is 2.77. The first-order valence-corrected chi connectivity index (χ1v) is 4.13. The van der Waals surface area contributed by atoms with Gasteiger partial charge in [-0.15, -0.1) is 0 Å². The third-order valence-corrected chi connectivity index (χ3v) is 1.76. The summed E-state index contributed by atoms with van der Waals surface area (Å²) in [6.45, 7) is 3.05. The first kappa shape index (κ1) is 11.4. The zero-order chi connectivity index (χ0) is 9.56. The van der Waals surface area contributed by atoms with Crippen LogP contribution >= 0.6 is 0 Å². The van der Waals surface area contributed by atoms with Crippen LogP contribution in [0.4, 0.5) is 0 Å². The molecule has 0 aromatic carbocycles. The lowest BCUT2D eigenvalue weighted by atomic mass is 10.2. The molecule has 12 heavy (non-hydrogen) atoms. The van der Waals surface area contributed by atoms with E-state index in [-0.39, 0.29) is 11.9 Å². The molecule has 0 radical (unpaired) electrons. The third-order valence-electron chi connectivity index (χ3n) is 1.76. The number of methoxy groups -OCH3 is 1. The van der Waals surface area contributed by atoms with Crippen molar-refractivity contribution in [3.05, 3.63) is 0 Å². The molecule has 0 saturated carbocycles. The van der Waals surface area contributed by atoms with Gasteiger partial charge in [0, 0.05) is 20.7 Å². The molecule has 0 heterocycles. The van der Waals surface area contributed by atoms with Crippen molar-refractivity contribution in [2.75, 3.05) is 27.3 Å². The maximum atomic E-state index is 11.3. The number of hydrogen-bond acceptors (Lipinski definition) is 3. The van der Waals surface area contributed by atoms with E-state index in [9.17, 15) is 4.79 Å². The summed E-state index contributed by atoms with van der Waals surface area (Å²) >= 11 is 0. The Labute approximate surface area is 73.7 Å². The van der Waals surface area contributed by atoms with Crippen LogP contribution in [-0.2, 0) is 9.53 Å². The fourth-order valence-electron chi connectivity index (χ4n) is 0.796. The summed E-state index contributed by atoms with van der Waals surface area (Å²) in [7, 11) is 3.34. The minimum absolute atomic E-state index is 0.0189. The highest BCUT2D eigenvalue weighted by atomic mass is 16.5. The van der Waals surface area contributed by atoms with Crippen LogP contribution in [0.2, 0.25) is 0 Å². The average Bonchev–Trinajstić information content (AvgIpc) is 2.11. The molecule has 72 valence electrons. The highest BCUT2D eigenvalue weighted by Gasteiger charge is 2.14. The van der Waals surface area contributed by atoms with Gasteiger partial charge in [0.1, 0.15) is 0 Å². The van der Waals surface area contributed by atoms with Crippen molar-refractivity contribution in [2.45, 2.75) is 19.4 Å². The summed E-state index contributed by atoms with van der Waals surface area (Å²) in [6, 6.07) is -0.369. The molecule has 0 aromatic heterocycles. The molecule has 1 atom stereocenters. The highest BCUT2D eigenvalue weighted by molar-refractivity contribution is 5.81. The summed E-state index contributed by atoms with van der Waals surface area (Å²) in [5.74, 6) is -0.0189. The number of nitrogens with zero attached hydrogens (tertiary/aromatic N) is 1. The van der Waals surface area contributed by atoms with Crippen molar-refractivity contribution in [3.8, 4) is 0 Å². The summed E-state index contributed by atoms with van der Waals surface area (Å²) < 4.78 is 4.84. The van der Waals surface area contributed by atoms with E-state index < -0.39 is 0 Å². The largest absolute Gasteiger partial charge is 0.383 e. The van der Waals surface area contributed by atoms with Crippen LogP contribution in [0.3, 0.4) is 0 Å². The summed E-state index contributed by atoms with van der Waals surface area (Å²) in [4.78, 5) is 12.9. The molecule has 0 aliphatic rings. The number of ether oxygens (including phenoxy) is 1. The van der Waals surface area contributed by atoms with Crippen molar-refractivity contribution >= 4 is 5.91 Å².